The number of fused-ring (bicyclic) bond motifs is 1. The highest BCUT2D eigenvalue weighted by Crippen LogP contribution is 2.34. The topological polar surface area (TPSA) is 45.7 Å². The predicted molar refractivity (Wildman–Crippen MR) is 126 cm³/mol. The molecule has 1 aliphatic heterocycles. The van der Waals surface area contributed by atoms with E-state index in [2.05, 4.69) is 42.3 Å². The summed E-state index contributed by atoms with van der Waals surface area (Å²) in [5, 5.41) is 0.768. The molecule has 1 amide bonds. The lowest BCUT2D eigenvalue weighted by atomic mass is 10.0. The Morgan fingerprint density at radius 2 is 2.03 bits per heavy atom. The molecule has 3 aromatic rings. The van der Waals surface area contributed by atoms with Crippen molar-refractivity contribution in [2.24, 2.45) is 0 Å². The maximum Gasteiger partial charge on any atom is 0.260 e. The van der Waals surface area contributed by atoms with Gasteiger partial charge in [0.25, 0.3) is 5.91 Å². The van der Waals surface area contributed by atoms with Gasteiger partial charge in [-0.1, -0.05) is 35.1 Å². The number of hydrogen-bond acceptors (Lipinski definition) is 6. The highest BCUT2D eigenvalue weighted by Gasteiger charge is 2.24. The molecule has 1 aromatic heterocycles. The molecule has 4 rings (SSSR count). The standard InChI is InChI=1S/C23H27N3O2S2/c1-16-7-8-18(17(2)15-16)22(27)26(10-9-25-11-13-28-14-12-25)23-24-21-19(29-3)5-4-6-20(21)30-23/h4-8,15H,9-14H2,1-3H3. The van der Waals surface area contributed by atoms with Gasteiger partial charge >= 0.3 is 0 Å². The van der Waals surface area contributed by atoms with Crippen LogP contribution in [0.4, 0.5) is 5.13 Å². The Bertz CT molecular complexity index is 1040. The van der Waals surface area contributed by atoms with Gasteiger partial charge in [0.2, 0.25) is 0 Å². The van der Waals surface area contributed by atoms with E-state index in [4.69, 9.17) is 9.72 Å². The number of aryl methyl sites for hydroxylation is 2. The summed E-state index contributed by atoms with van der Waals surface area (Å²) in [5.74, 6) is 0.0190. The van der Waals surface area contributed by atoms with Crippen molar-refractivity contribution in [2.45, 2.75) is 18.7 Å². The Kier molecular flexibility index (Phi) is 6.73. The first kappa shape index (κ1) is 21.3. The predicted octanol–water partition coefficient (Wildman–Crippen LogP) is 4.61. The van der Waals surface area contributed by atoms with Crippen LogP contribution in [-0.4, -0.2) is 61.4 Å². The maximum absolute atomic E-state index is 13.6. The fourth-order valence-electron chi connectivity index (χ4n) is 3.74. The SMILES string of the molecule is CSc1cccc2sc(N(CCN3CCOCC3)C(=O)c3ccc(C)cc3C)nc12. The summed E-state index contributed by atoms with van der Waals surface area (Å²) >= 11 is 3.28. The molecular weight excluding hydrogens is 414 g/mol. The molecule has 0 aliphatic carbocycles. The van der Waals surface area contributed by atoms with Crippen molar-refractivity contribution in [3.8, 4) is 0 Å². The number of anilines is 1. The number of carbonyl (C=O) groups excluding carboxylic acids is 1. The maximum atomic E-state index is 13.6. The second kappa shape index (κ2) is 9.47. The first-order valence-corrected chi connectivity index (χ1v) is 12.2. The molecule has 0 saturated carbocycles. The Labute approximate surface area is 186 Å². The molecule has 2 aromatic carbocycles. The zero-order valence-electron chi connectivity index (χ0n) is 17.7. The molecule has 0 radical (unpaired) electrons. The van der Waals surface area contributed by atoms with Crippen molar-refractivity contribution < 1.29 is 9.53 Å². The summed E-state index contributed by atoms with van der Waals surface area (Å²) in [6, 6.07) is 12.2. The Balaban J connectivity index is 1.68. The molecule has 0 spiro atoms. The molecular formula is C23H27N3O2S2. The van der Waals surface area contributed by atoms with Crippen molar-refractivity contribution in [3.63, 3.8) is 0 Å². The third-order valence-electron chi connectivity index (χ3n) is 5.42. The number of thiazole rings is 1. The molecule has 0 bridgehead atoms. The number of ether oxygens (including phenoxy) is 1. The van der Waals surface area contributed by atoms with Crippen molar-refractivity contribution in [1.82, 2.24) is 9.88 Å². The monoisotopic (exact) mass is 441 g/mol. The van der Waals surface area contributed by atoms with E-state index in [1.165, 1.54) is 0 Å². The molecule has 7 heteroatoms. The minimum atomic E-state index is 0.0190. The van der Waals surface area contributed by atoms with E-state index in [1.807, 2.05) is 24.0 Å². The normalized spacial score (nSPS) is 14.9. The van der Waals surface area contributed by atoms with Crippen LogP contribution in [0.15, 0.2) is 41.3 Å². The zero-order chi connectivity index (χ0) is 21.1. The van der Waals surface area contributed by atoms with Crippen LogP contribution in [0.2, 0.25) is 0 Å². The third-order valence-corrected chi connectivity index (χ3v) is 7.24. The van der Waals surface area contributed by atoms with E-state index in [-0.39, 0.29) is 5.91 Å². The molecule has 2 heterocycles. The Morgan fingerprint density at radius 1 is 1.23 bits per heavy atom. The fraction of sp³-hybridized carbons (Fsp3) is 0.391. The first-order valence-electron chi connectivity index (χ1n) is 10.2. The molecule has 158 valence electrons. The highest BCUT2D eigenvalue weighted by molar-refractivity contribution is 7.98. The number of carbonyl (C=O) groups is 1. The van der Waals surface area contributed by atoms with Crippen LogP contribution in [0.25, 0.3) is 10.2 Å². The molecule has 0 N–H and O–H groups in total. The van der Waals surface area contributed by atoms with Crippen LogP contribution < -0.4 is 4.90 Å². The molecule has 1 fully saturated rings. The number of benzene rings is 2. The van der Waals surface area contributed by atoms with E-state index in [0.29, 0.717) is 6.54 Å². The van der Waals surface area contributed by atoms with Gasteiger partial charge in [-0.25, -0.2) is 4.98 Å². The van der Waals surface area contributed by atoms with Gasteiger partial charge in [0, 0.05) is 36.6 Å². The number of morpholine rings is 1. The summed E-state index contributed by atoms with van der Waals surface area (Å²) in [5.41, 5.74) is 3.89. The van der Waals surface area contributed by atoms with E-state index < -0.39 is 0 Å². The van der Waals surface area contributed by atoms with Gasteiger partial charge in [-0.15, -0.1) is 11.8 Å². The number of amides is 1. The lowest BCUT2D eigenvalue weighted by Gasteiger charge is -2.29. The number of hydrogen-bond donors (Lipinski definition) is 0. The van der Waals surface area contributed by atoms with Gasteiger partial charge in [-0.3, -0.25) is 14.6 Å². The van der Waals surface area contributed by atoms with Gasteiger partial charge in [0.05, 0.1) is 23.4 Å². The molecule has 1 aliphatic rings. The van der Waals surface area contributed by atoms with Crippen LogP contribution in [0.1, 0.15) is 21.5 Å². The van der Waals surface area contributed by atoms with Gasteiger partial charge in [0.15, 0.2) is 5.13 Å². The lowest BCUT2D eigenvalue weighted by molar-refractivity contribution is 0.0391. The van der Waals surface area contributed by atoms with E-state index >= 15 is 0 Å². The minimum absolute atomic E-state index is 0.0190. The molecule has 5 nitrogen and oxygen atoms in total. The van der Waals surface area contributed by atoms with Crippen LogP contribution in [0, 0.1) is 13.8 Å². The van der Waals surface area contributed by atoms with E-state index in [0.717, 1.165) is 69.8 Å². The van der Waals surface area contributed by atoms with E-state index in [9.17, 15) is 4.79 Å². The summed E-state index contributed by atoms with van der Waals surface area (Å²) < 4.78 is 6.58. The quantitative estimate of drug-likeness (QED) is 0.523. The van der Waals surface area contributed by atoms with Gasteiger partial charge < -0.3 is 4.74 Å². The van der Waals surface area contributed by atoms with Gasteiger partial charge in [-0.2, -0.15) is 0 Å². The summed E-state index contributed by atoms with van der Waals surface area (Å²) in [7, 11) is 0. The molecule has 30 heavy (non-hydrogen) atoms. The zero-order valence-corrected chi connectivity index (χ0v) is 19.3. The highest BCUT2D eigenvalue weighted by atomic mass is 32.2. The van der Waals surface area contributed by atoms with Crippen LogP contribution >= 0.6 is 23.1 Å². The smallest absolute Gasteiger partial charge is 0.260 e. The third kappa shape index (κ3) is 4.54. The van der Waals surface area contributed by atoms with Crippen LogP contribution in [0.5, 0.6) is 0 Å². The summed E-state index contributed by atoms with van der Waals surface area (Å²) in [6.45, 7) is 8.79. The number of nitrogens with zero attached hydrogens (tertiary/aromatic N) is 3. The molecule has 0 atom stereocenters. The summed E-state index contributed by atoms with van der Waals surface area (Å²) in [6.07, 6.45) is 2.06. The number of aromatic nitrogens is 1. The van der Waals surface area contributed by atoms with Crippen molar-refractivity contribution in [2.75, 3.05) is 50.5 Å². The van der Waals surface area contributed by atoms with Crippen LogP contribution in [-0.2, 0) is 4.74 Å². The molecule has 0 unspecified atom stereocenters. The van der Waals surface area contributed by atoms with Crippen LogP contribution in [0.3, 0.4) is 0 Å². The van der Waals surface area contributed by atoms with Gasteiger partial charge in [0.1, 0.15) is 0 Å². The Morgan fingerprint density at radius 3 is 2.77 bits per heavy atom. The Hall–Kier alpha value is -1.93. The number of para-hydroxylation sites is 1. The molecule has 1 saturated heterocycles. The van der Waals surface area contributed by atoms with E-state index in [1.54, 1.807) is 23.1 Å². The largest absolute Gasteiger partial charge is 0.379 e. The minimum Gasteiger partial charge on any atom is -0.379 e. The number of rotatable bonds is 6. The average molecular weight is 442 g/mol. The first-order chi connectivity index (χ1) is 14.6. The summed E-state index contributed by atoms with van der Waals surface area (Å²) in [4.78, 5) is 23.9. The number of thioether (sulfide) groups is 1. The lowest BCUT2D eigenvalue weighted by Crippen LogP contribution is -2.43. The van der Waals surface area contributed by atoms with Crippen molar-refractivity contribution in [1.29, 1.82) is 0 Å². The van der Waals surface area contributed by atoms with Crippen molar-refractivity contribution >= 4 is 44.4 Å². The second-order valence-corrected chi connectivity index (χ2v) is 9.39. The van der Waals surface area contributed by atoms with Crippen molar-refractivity contribution in [3.05, 3.63) is 53.1 Å². The average Bonchev–Trinajstić information content (AvgIpc) is 3.18. The second-order valence-electron chi connectivity index (χ2n) is 7.53. The fourth-order valence-corrected chi connectivity index (χ4v) is 5.39. The van der Waals surface area contributed by atoms with Gasteiger partial charge in [-0.05, 0) is 43.9 Å².